The minimum atomic E-state index is -0.245. The van der Waals surface area contributed by atoms with Crippen molar-refractivity contribution in [1.82, 2.24) is 5.32 Å². The Balaban J connectivity index is 2.19. The van der Waals surface area contributed by atoms with Crippen LogP contribution in [-0.4, -0.2) is 6.54 Å². The Morgan fingerprint density at radius 1 is 1.10 bits per heavy atom. The summed E-state index contributed by atoms with van der Waals surface area (Å²) in [6.07, 6.45) is 1.09. The Labute approximate surface area is 126 Å². The summed E-state index contributed by atoms with van der Waals surface area (Å²) in [5.41, 5.74) is 2.89. The zero-order chi connectivity index (χ0) is 15.2. The van der Waals surface area contributed by atoms with Gasteiger partial charge in [0.25, 0.3) is 0 Å². The van der Waals surface area contributed by atoms with Crippen molar-refractivity contribution in [2.45, 2.75) is 33.7 Å². The van der Waals surface area contributed by atoms with Crippen molar-refractivity contribution >= 4 is 0 Å². The third-order valence-electron chi connectivity index (χ3n) is 3.33. The van der Waals surface area contributed by atoms with Crippen LogP contribution in [0.2, 0.25) is 0 Å². The van der Waals surface area contributed by atoms with Crippen LogP contribution in [0.5, 0.6) is 11.5 Å². The number of hydrogen-bond acceptors (Lipinski definition) is 2. The molecule has 0 fully saturated rings. The highest BCUT2D eigenvalue weighted by Crippen LogP contribution is 2.27. The van der Waals surface area contributed by atoms with Gasteiger partial charge in [0, 0.05) is 18.2 Å². The molecule has 21 heavy (non-hydrogen) atoms. The highest BCUT2D eigenvalue weighted by atomic mass is 19.1. The average molecular weight is 287 g/mol. The molecule has 3 heteroatoms. The van der Waals surface area contributed by atoms with Gasteiger partial charge < -0.3 is 10.1 Å². The molecule has 0 bridgehead atoms. The standard InChI is InChI=1S/C18H22FNO/c1-4-9-20-12-15-10-13(2)5-8-18(15)21-16-7-6-14(3)17(19)11-16/h5-8,10-11,20H,4,9,12H2,1-3H3. The molecule has 0 aliphatic rings. The molecular weight excluding hydrogens is 265 g/mol. The molecule has 0 radical (unpaired) electrons. The molecule has 0 aromatic heterocycles. The summed E-state index contributed by atoms with van der Waals surface area (Å²) in [7, 11) is 0. The van der Waals surface area contributed by atoms with E-state index >= 15 is 0 Å². The second kappa shape index (κ2) is 7.23. The van der Waals surface area contributed by atoms with E-state index in [4.69, 9.17) is 4.74 Å². The Morgan fingerprint density at radius 2 is 1.90 bits per heavy atom. The summed E-state index contributed by atoms with van der Waals surface area (Å²) in [5.74, 6) is 1.05. The number of halogens is 1. The maximum atomic E-state index is 13.6. The molecule has 1 N–H and O–H groups in total. The third kappa shape index (κ3) is 4.30. The minimum Gasteiger partial charge on any atom is -0.457 e. The molecule has 0 saturated carbocycles. The normalized spacial score (nSPS) is 10.7. The predicted octanol–water partition coefficient (Wildman–Crippen LogP) is 4.73. The van der Waals surface area contributed by atoms with Crippen LogP contribution in [0.1, 0.15) is 30.0 Å². The van der Waals surface area contributed by atoms with Crippen molar-refractivity contribution in [2.75, 3.05) is 6.54 Å². The largest absolute Gasteiger partial charge is 0.457 e. The first kappa shape index (κ1) is 15.5. The first-order valence-electron chi connectivity index (χ1n) is 7.34. The molecule has 2 aromatic carbocycles. The van der Waals surface area contributed by atoms with Gasteiger partial charge in [0.1, 0.15) is 17.3 Å². The maximum Gasteiger partial charge on any atom is 0.131 e. The van der Waals surface area contributed by atoms with Crippen molar-refractivity contribution in [3.63, 3.8) is 0 Å². The molecule has 112 valence electrons. The van der Waals surface area contributed by atoms with Crippen LogP contribution < -0.4 is 10.1 Å². The van der Waals surface area contributed by atoms with Crippen LogP contribution >= 0.6 is 0 Å². The number of rotatable bonds is 6. The molecule has 2 nitrogen and oxygen atoms in total. The number of ether oxygens (including phenoxy) is 1. The quantitative estimate of drug-likeness (QED) is 0.775. The molecule has 2 rings (SSSR count). The van der Waals surface area contributed by atoms with Crippen molar-refractivity contribution < 1.29 is 9.13 Å². The number of aryl methyl sites for hydroxylation is 2. The second-order valence-corrected chi connectivity index (χ2v) is 5.30. The Hall–Kier alpha value is -1.87. The van der Waals surface area contributed by atoms with E-state index in [9.17, 15) is 4.39 Å². The highest BCUT2D eigenvalue weighted by molar-refractivity contribution is 5.41. The molecular formula is C18H22FNO. The van der Waals surface area contributed by atoms with Gasteiger partial charge in [-0.1, -0.05) is 30.7 Å². The van der Waals surface area contributed by atoms with Crippen molar-refractivity contribution in [1.29, 1.82) is 0 Å². The van der Waals surface area contributed by atoms with Crippen LogP contribution in [0, 0.1) is 19.7 Å². The Kier molecular flexibility index (Phi) is 5.34. The average Bonchev–Trinajstić information content (AvgIpc) is 2.46. The SMILES string of the molecule is CCCNCc1cc(C)ccc1Oc1ccc(C)c(F)c1. The topological polar surface area (TPSA) is 21.3 Å². The van der Waals surface area contributed by atoms with Gasteiger partial charge in [0.05, 0.1) is 0 Å². The van der Waals surface area contributed by atoms with E-state index in [0.29, 0.717) is 11.3 Å². The Bertz CT molecular complexity index is 610. The summed E-state index contributed by atoms with van der Waals surface area (Å²) in [4.78, 5) is 0. The lowest BCUT2D eigenvalue weighted by atomic mass is 10.1. The zero-order valence-corrected chi connectivity index (χ0v) is 12.9. The van der Waals surface area contributed by atoms with E-state index in [0.717, 1.165) is 30.8 Å². The molecule has 0 atom stereocenters. The van der Waals surface area contributed by atoms with E-state index in [1.807, 2.05) is 12.1 Å². The molecule has 0 amide bonds. The maximum absolute atomic E-state index is 13.6. The fourth-order valence-corrected chi connectivity index (χ4v) is 2.11. The number of nitrogens with one attached hydrogen (secondary N) is 1. The predicted molar refractivity (Wildman–Crippen MR) is 84.4 cm³/mol. The van der Waals surface area contributed by atoms with Gasteiger partial charge in [0.15, 0.2) is 0 Å². The van der Waals surface area contributed by atoms with Crippen LogP contribution in [0.25, 0.3) is 0 Å². The van der Waals surface area contributed by atoms with Gasteiger partial charge in [-0.05, 0) is 44.5 Å². The summed E-state index contributed by atoms with van der Waals surface area (Å²) in [6, 6.07) is 11.0. The van der Waals surface area contributed by atoms with Gasteiger partial charge >= 0.3 is 0 Å². The van der Waals surface area contributed by atoms with Crippen LogP contribution in [0.3, 0.4) is 0 Å². The lowest BCUT2D eigenvalue weighted by Crippen LogP contribution is -2.14. The van der Waals surface area contributed by atoms with Gasteiger partial charge in [-0.3, -0.25) is 0 Å². The fourth-order valence-electron chi connectivity index (χ4n) is 2.11. The van der Waals surface area contributed by atoms with E-state index in [1.165, 1.54) is 11.6 Å². The summed E-state index contributed by atoms with van der Waals surface area (Å²) in [5, 5.41) is 3.37. The van der Waals surface area contributed by atoms with E-state index in [-0.39, 0.29) is 5.82 Å². The molecule has 0 aliphatic heterocycles. The summed E-state index contributed by atoms with van der Waals surface area (Å²) < 4.78 is 19.5. The van der Waals surface area contributed by atoms with Gasteiger partial charge in [-0.2, -0.15) is 0 Å². The van der Waals surface area contributed by atoms with Crippen molar-refractivity contribution in [2.24, 2.45) is 0 Å². The molecule has 0 saturated heterocycles. The van der Waals surface area contributed by atoms with Crippen LogP contribution in [0.4, 0.5) is 4.39 Å². The lowest BCUT2D eigenvalue weighted by Gasteiger charge is -2.13. The van der Waals surface area contributed by atoms with E-state index in [1.54, 1.807) is 19.1 Å². The lowest BCUT2D eigenvalue weighted by molar-refractivity contribution is 0.466. The van der Waals surface area contributed by atoms with Gasteiger partial charge in [-0.25, -0.2) is 4.39 Å². The van der Waals surface area contributed by atoms with Crippen LogP contribution in [-0.2, 0) is 6.54 Å². The minimum absolute atomic E-state index is 0.245. The zero-order valence-electron chi connectivity index (χ0n) is 12.9. The van der Waals surface area contributed by atoms with Gasteiger partial charge in [0.2, 0.25) is 0 Å². The number of benzene rings is 2. The van der Waals surface area contributed by atoms with E-state index in [2.05, 4.69) is 25.2 Å². The monoisotopic (exact) mass is 287 g/mol. The van der Waals surface area contributed by atoms with Gasteiger partial charge in [-0.15, -0.1) is 0 Å². The third-order valence-corrected chi connectivity index (χ3v) is 3.33. The molecule has 0 spiro atoms. The van der Waals surface area contributed by atoms with Crippen LogP contribution in [0.15, 0.2) is 36.4 Å². The smallest absolute Gasteiger partial charge is 0.131 e. The molecule has 0 unspecified atom stereocenters. The second-order valence-electron chi connectivity index (χ2n) is 5.30. The number of hydrogen-bond donors (Lipinski definition) is 1. The highest BCUT2D eigenvalue weighted by Gasteiger charge is 2.07. The fraction of sp³-hybridized carbons (Fsp3) is 0.333. The first-order valence-corrected chi connectivity index (χ1v) is 7.34. The summed E-state index contributed by atoms with van der Waals surface area (Å²) >= 11 is 0. The Morgan fingerprint density at radius 3 is 2.62 bits per heavy atom. The van der Waals surface area contributed by atoms with Crippen molar-refractivity contribution in [3.8, 4) is 11.5 Å². The first-order chi connectivity index (χ1) is 10.1. The summed E-state index contributed by atoms with van der Waals surface area (Å²) in [6.45, 7) is 7.64. The molecule has 0 heterocycles. The van der Waals surface area contributed by atoms with E-state index < -0.39 is 0 Å². The van der Waals surface area contributed by atoms with Crippen molar-refractivity contribution in [3.05, 3.63) is 58.9 Å². The molecule has 2 aromatic rings. The molecule has 0 aliphatic carbocycles.